The molecular formula is C14H12BrN3. The number of hydrogen-bond acceptors (Lipinski definition) is 2. The molecule has 3 rings (SSSR count). The largest absolute Gasteiger partial charge is 0.397 e. The van der Waals surface area contributed by atoms with Crippen molar-refractivity contribution in [3.05, 3.63) is 46.4 Å². The summed E-state index contributed by atoms with van der Waals surface area (Å²) >= 11 is 3.46. The van der Waals surface area contributed by atoms with Gasteiger partial charge in [0.1, 0.15) is 11.3 Å². The Kier molecular flexibility index (Phi) is 2.59. The first-order chi connectivity index (χ1) is 8.65. The van der Waals surface area contributed by atoms with Crippen molar-refractivity contribution in [3.63, 3.8) is 0 Å². The Labute approximate surface area is 113 Å². The average Bonchev–Trinajstić information content (AvgIpc) is 2.74. The van der Waals surface area contributed by atoms with Crippen LogP contribution in [0.25, 0.3) is 22.4 Å². The van der Waals surface area contributed by atoms with Gasteiger partial charge in [-0.3, -0.25) is 0 Å². The van der Waals surface area contributed by atoms with E-state index in [9.17, 15) is 0 Å². The molecule has 3 nitrogen and oxygen atoms in total. The van der Waals surface area contributed by atoms with E-state index in [0.717, 1.165) is 26.9 Å². The van der Waals surface area contributed by atoms with Gasteiger partial charge in [0.25, 0.3) is 0 Å². The molecule has 3 N–H and O–H groups in total. The van der Waals surface area contributed by atoms with Crippen molar-refractivity contribution in [3.8, 4) is 11.4 Å². The number of hydrogen-bond donors (Lipinski definition) is 2. The van der Waals surface area contributed by atoms with Crippen molar-refractivity contribution in [1.82, 2.24) is 9.97 Å². The minimum atomic E-state index is 0.699. The molecule has 0 fully saturated rings. The van der Waals surface area contributed by atoms with Crippen molar-refractivity contribution in [2.75, 3.05) is 5.73 Å². The number of nitrogens with zero attached hydrogens (tertiary/aromatic N) is 1. The summed E-state index contributed by atoms with van der Waals surface area (Å²) in [4.78, 5) is 7.88. The van der Waals surface area contributed by atoms with Crippen LogP contribution in [0.15, 0.2) is 40.9 Å². The number of para-hydroxylation sites is 1. The lowest BCUT2D eigenvalue weighted by Crippen LogP contribution is -1.86. The zero-order chi connectivity index (χ0) is 12.7. The molecule has 18 heavy (non-hydrogen) atoms. The van der Waals surface area contributed by atoms with Crippen LogP contribution in [0.2, 0.25) is 0 Å². The summed E-state index contributed by atoms with van der Waals surface area (Å²) in [6.45, 7) is 2.07. The van der Waals surface area contributed by atoms with Gasteiger partial charge in [-0.05, 0) is 42.8 Å². The van der Waals surface area contributed by atoms with Crippen LogP contribution in [-0.4, -0.2) is 9.97 Å². The molecule has 0 radical (unpaired) electrons. The smallest absolute Gasteiger partial charge is 0.138 e. The van der Waals surface area contributed by atoms with Gasteiger partial charge >= 0.3 is 0 Å². The number of nitrogens with two attached hydrogens (primary N) is 1. The molecule has 0 aliphatic heterocycles. The first-order valence-electron chi connectivity index (χ1n) is 5.66. The summed E-state index contributed by atoms with van der Waals surface area (Å²) in [7, 11) is 0. The fourth-order valence-electron chi connectivity index (χ4n) is 2.07. The Morgan fingerprint density at radius 3 is 2.78 bits per heavy atom. The molecule has 0 bridgehead atoms. The normalized spacial score (nSPS) is 11.0. The van der Waals surface area contributed by atoms with Crippen LogP contribution in [0.3, 0.4) is 0 Å². The summed E-state index contributed by atoms with van der Waals surface area (Å²) < 4.78 is 1.07. The summed E-state index contributed by atoms with van der Waals surface area (Å²) in [6.07, 6.45) is 0. The molecule has 1 heterocycles. The maximum absolute atomic E-state index is 5.92. The number of rotatable bonds is 1. The highest BCUT2D eigenvalue weighted by Gasteiger charge is 2.09. The number of H-pyrrole nitrogens is 1. The second-order valence-electron chi connectivity index (χ2n) is 4.29. The Hall–Kier alpha value is -1.81. The molecule has 2 aromatic carbocycles. The molecule has 0 saturated heterocycles. The number of aromatic amines is 1. The molecular weight excluding hydrogens is 290 g/mol. The van der Waals surface area contributed by atoms with E-state index in [1.54, 1.807) is 0 Å². The number of benzene rings is 2. The third-order valence-corrected chi connectivity index (χ3v) is 3.48. The highest BCUT2D eigenvalue weighted by atomic mass is 79.9. The van der Waals surface area contributed by atoms with Gasteiger partial charge in [0.05, 0.1) is 11.2 Å². The first-order valence-corrected chi connectivity index (χ1v) is 6.45. The maximum Gasteiger partial charge on any atom is 0.138 e. The molecule has 1 aromatic heterocycles. The van der Waals surface area contributed by atoms with E-state index in [4.69, 9.17) is 5.73 Å². The SMILES string of the molecule is Cc1cc(Br)ccc1-c1nc2c(N)cccc2[nH]1. The van der Waals surface area contributed by atoms with Crippen LogP contribution in [0.1, 0.15) is 5.56 Å². The van der Waals surface area contributed by atoms with Crippen molar-refractivity contribution < 1.29 is 0 Å². The van der Waals surface area contributed by atoms with Gasteiger partial charge in [0, 0.05) is 10.0 Å². The predicted molar refractivity (Wildman–Crippen MR) is 78.4 cm³/mol. The van der Waals surface area contributed by atoms with Crippen molar-refractivity contribution >= 4 is 32.7 Å². The third kappa shape index (κ3) is 1.78. The molecule has 0 amide bonds. The van der Waals surface area contributed by atoms with Gasteiger partial charge in [-0.2, -0.15) is 0 Å². The molecule has 0 unspecified atom stereocenters. The zero-order valence-electron chi connectivity index (χ0n) is 9.87. The highest BCUT2D eigenvalue weighted by Crippen LogP contribution is 2.27. The average molecular weight is 302 g/mol. The van der Waals surface area contributed by atoms with Gasteiger partial charge in [-0.1, -0.05) is 22.0 Å². The van der Waals surface area contributed by atoms with E-state index in [2.05, 4.69) is 38.9 Å². The van der Waals surface area contributed by atoms with Gasteiger partial charge < -0.3 is 10.7 Å². The van der Waals surface area contributed by atoms with Crippen molar-refractivity contribution in [1.29, 1.82) is 0 Å². The zero-order valence-corrected chi connectivity index (χ0v) is 11.5. The summed E-state index contributed by atoms with van der Waals surface area (Å²) in [6, 6.07) is 11.9. The molecule has 4 heteroatoms. The number of nitrogen functional groups attached to an aromatic ring is 1. The number of halogens is 1. The number of fused-ring (bicyclic) bond motifs is 1. The molecule has 0 aliphatic carbocycles. The van der Waals surface area contributed by atoms with Crippen LogP contribution in [0.4, 0.5) is 5.69 Å². The monoisotopic (exact) mass is 301 g/mol. The fourth-order valence-corrected chi connectivity index (χ4v) is 2.55. The van der Waals surface area contributed by atoms with Crippen LogP contribution in [0, 0.1) is 6.92 Å². The van der Waals surface area contributed by atoms with Gasteiger partial charge in [-0.15, -0.1) is 0 Å². The summed E-state index contributed by atoms with van der Waals surface area (Å²) in [5.74, 6) is 0.855. The molecule has 0 aliphatic rings. The van der Waals surface area contributed by atoms with Gasteiger partial charge in [0.2, 0.25) is 0 Å². The lowest BCUT2D eigenvalue weighted by Gasteiger charge is -2.02. The standard InChI is InChI=1S/C14H12BrN3/c1-8-7-9(15)5-6-10(8)14-17-12-4-2-3-11(16)13(12)18-14/h2-7H,16H2,1H3,(H,17,18). The summed E-state index contributed by atoms with van der Waals surface area (Å²) in [5.41, 5.74) is 10.7. The summed E-state index contributed by atoms with van der Waals surface area (Å²) in [5, 5.41) is 0. The van der Waals surface area contributed by atoms with Crippen LogP contribution in [-0.2, 0) is 0 Å². The predicted octanol–water partition coefficient (Wildman–Crippen LogP) is 3.88. The lowest BCUT2D eigenvalue weighted by atomic mass is 10.1. The van der Waals surface area contributed by atoms with E-state index in [1.165, 1.54) is 5.56 Å². The third-order valence-electron chi connectivity index (χ3n) is 2.99. The fraction of sp³-hybridized carbons (Fsp3) is 0.0714. The van der Waals surface area contributed by atoms with Crippen molar-refractivity contribution in [2.24, 2.45) is 0 Å². The van der Waals surface area contributed by atoms with Crippen LogP contribution < -0.4 is 5.73 Å². The topological polar surface area (TPSA) is 54.7 Å². The quantitative estimate of drug-likeness (QED) is 0.670. The van der Waals surface area contributed by atoms with E-state index >= 15 is 0 Å². The number of imidazole rings is 1. The Balaban J connectivity index is 2.23. The minimum Gasteiger partial charge on any atom is -0.397 e. The molecule has 0 atom stereocenters. The Bertz CT molecular complexity index is 731. The molecule has 90 valence electrons. The van der Waals surface area contributed by atoms with E-state index in [0.29, 0.717) is 5.69 Å². The van der Waals surface area contributed by atoms with E-state index in [-0.39, 0.29) is 0 Å². The second-order valence-corrected chi connectivity index (χ2v) is 5.20. The second kappa shape index (κ2) is 4.14. The Morgan fingerprint density at radius 2 is 2.06 bits per heavy atom. The first kappa shape index (κ1) is 11.3. The molecule has 0 spiro atoms. The number of anilines is 1. The Morgan fingerprint density at radius 1 is 1.22 bits per heavy atom. The van der Waals surface area contributed by atoms with Crippen LogP contribution in [0.5, 0.6) is 0 Å². The lowest BCUT2D eigenvalue weighted by molar-refractivity contribution is 1.30. The number of nitrogens with one attached hydrogen (secondary N) is 1. The highest BCUT2D eigenvalue weighted by molar-refractivity contribution is 9.10. The van der Waals surface area contributed by atoms with E-state index < -0.39 is 0 Å². The van der Waals surface area contributed by atoms with E-state index in [1.807, 2.05) is 30.3 Å². The van der Waals surface area contributed by atoms with Gasteiger partial charge in [-0.25, -0.2) is 4.98 Å². The van der Waals surface area contributed by atoms with Crippen LogP contribution >= 0.6 is 15.9 Å². The molecule has 0 saturated carbocycles. The molecule has 3 aromatic rings. The number of aromatic nitrogens is 2. The number of aryl methyl sites for hydroxylation is 1. The van der Waals surface area contributed by atoms with Crippen molar-refractivity contribution in [2.45, 2.75) is 6.92 Å². The maximum atomic E-state index is 5.92. The minimum absolute atomic E-state index is 0.699. The van der Waals surface area contributed by atoms with Gasteiger partial charge in [0.15, 0.2) is 0 Å².